The molecule has 1 aromatic carbocycles. The number of hydrogen-bond acceptors (Lipinski definition) is 7. The first-order chi connectivity index (χ1) is 14.2. The number of carbonyl (C=O) groups excluding carboxylic acids is 2. The van der Waals surface area contributed by atoms with Crippen LogP contribution in [0.4, 0.5) is 11.6 Å². The van der Waals surface area contributed by atoms with Crippen LogP contribution in [0.2, 0.25) is 0 Å². The lowest BCUT2D eigenvalue weighted by molar-refractivity contribution is -0.122. The Balaban J connectivity index is 1.27. The summed E-state index contributed by atoms with van der Waals surface area (Å²) in [6.45, 7) is 0.427. The Hall–Kier alpha value is -3.95. The fraction of sp³-hybridized carbons (Fsp3) is 0.211. The number of amides is 2. The van der Waals surface area contributed by atoms with Gasteiger partial charge in [-0.05, 0) is 24.3 Å². The van der Waals surface area contributed by atoms with Crippen molar-refractivity contribution in [1.82, 2.24) is 20.2 Å². The third-order valence-electron chi connectivity index (χ3n) is 4.79. The molecule has 29 heavy (non-hydrogen) atoms. The second-order valence-corrected chi connectivity index (χ2v) is 6.65. The molecule has 1 unspecified atom stereocenters. The third kappa shape index (κ3) is 3.24. The number of nitrogens with one attached hydrogen (secondary N) is 2. The third-order valence-corrected chi connectivity index (χ3v) is 4.79. The van der Waals surface area contributed by atoms with Gasteiger partial charge in [0.1, 0.15) is 5.69 Å². The van der Waals surface area contributed by atoms with Crippen molar-refractivity contribution in [1.29, 1.82) is 0 Å². The average Bonchev–Trinajstić information content (AvgIpc) is 3.47. The van der Waals surface area contributed by atoms with Crippen LogP contribution in [0.25, 0.3) is 11.5 Å². The van der Waals surface area contributed by atoms with Gasteiger partial charge in [0.15, 0.2) is 17.3 Å². The SMILES string of the molecule is O=C(Nc1n[nH]c(-c2ccccn2)n1)C1CC(=O)N(c2ccc3c(c2)OCO3)C1. The first-order valence-electron chi connectivity index (χ1n) is 9.02. The van der Waals surface area contributed by atoms with Crippen molar-refractivity contribution in [2.75, 3.05) is 23.6 Å². The van der Waals surface area contributed by atoms with E-state index >= 15 is 0 Å². The summed E-state index contributed by atoms with van der Waals surface area (Å²) in [7, 11) is 0. The minimum absolute atomic E-state index is 0.109. The maximum Gasteiger partial charge on any atom is 0.249 e. The number of anilines is 2. The van der Waals surface area contributed by atoms with E-state index in [2.05, 4.69) is 25.5 Å². The van der Waals surface area contributed by atoms with Crippen LogP contribution in [0.3, 0.4) is 0 Å². The van der Waals surface area contributed by atoms with Gasteiger partial charge < -0.3 is 14.4 Å². The van der Waals surface area contributed by atoms with Crippen LogP contribution >= 0.6 is 0 Å². The molecule has 0 bridgehead atoms. The second kappa shape index (κ2) is 6.89. The fourth-order valence-corrected chi connectivity index (χ4v) is 3.33. The van der Waals surface area contributed by atoms with Crippen LogP contribution in [0.15, 0.2) is 42.6 Å². The Kier molecular flexibility index (Phi) is 4.08. The normalized spacial score (nSPS) is 17.6. The van der Waals surface area contributed by atoms with E-state index in [1.807, 2.05) is 6.07 Å². The molecule has 5 rings (SSSR count). The molecule has 2 aliphatic rings. The number of aromatic nitrogens is 4. The first-order valence-corrected chi connectivity index (χ1v) is 9.02. The van der Waals surface area contributed by atoms with E-state index in [9.17, 15) is 9.59 Å². The number of H-pyrrole nitrogens is 1. The molecule has 0 aliphatic carbocycles. The van der Waals surface area contributed by atoms with E-state index in [0.29, 0.717) is 28.7 Å². The summed E-state index contributed by atoms with van der Waals surface area (Å²) in [6, 6.07) is 10.7. The molecule has 146 valence electrons. The number of aromatic amines is 1. The predicted molar refractivity (Wildman–Crippen MR) is 101 cm³/mol. The lowest BCUT2D eigenvalue weighted by atomic mass is 10.1. The van der Waals surface area contributed by atoms with Crippen LogP contribution in [0, 0.1) is 5.92 Å². The number of carbonyl (C=O) groups is 2. The van der Waals surface area contributed by atoms with Gasteiger partial charge in [-0.15, -0.1) is 5.10 Å². The van der Waals surface area contributed by atoms with Gasteiger partial charge in [0, 0.05) is 30.9 Å². The molecule has 1 fully saturated rings. The minimum atomic E-state index is -0.510. The van der Waals surface area contributed by atoms with E-state index in [1.165, 1.54) is 0 Å². The lowest BCUT2D eigenvalue weighted by Gasteiger charge is -2.16. The maximum atomic E-state index is 12.6. The summed E-state index contributed by atoms with van der Waals surface area (Å²) in [5.74, 6) is 0.870. The molecule has 0 spiro atoms. The average molecular weight is 392 g/mol. The molecule has 4 heterocycles. The minimum Gasteiger partial charge on any atom is -0.454 e. The van der Waals surface area contributed by atoms with Crippen molar-refractivity contribution < 1.29 is 19.1 Å². The highest BCUT2D eigenvalue weighted by atomic mass is 16.7. The zero-order valence-corrected chi connectivity index (χ0v) is 15.2. The van der Waals surface area contributed by atoms with E-state index in [0.717, 1.165) is 0 Å². The molecule has 3 aromatic rings. The quantitative estimate of drug-likeness (QED) is 0.691. The Labute approximate surface area is 164 Å². The molecular weight excluding hydrogens is 376 g/mol. The van der Waals surface area contributed by atoms with Gasteiger partial charge in [0.05, 0.1) is 5.92 Å². The van der Waals surface area contributed by atoms with Gasteiger partial charge in [-0.3, -0.25) is 25.0 Å². The number of hydrogen-bond donors (Lipinski definition) is 2. The van der Waals surface area contributed by atoms with Crippen LogP contribution in [-0.2, 0) is 9.59 Å². The molecule has 0 saturated carbocycles. The number of ether oxygens (including phenoxy) is 2. The Morgan fingerprint density at radius 3 is 2.97 bits per heavy atom. The molecular formula is C19H16N6O4. The number of nitrogens with zero attached hydrogens (tertiary/aromatic N) is 4. The first kappa shape index (κ1) is 17.2. The standard InChI is InChI=1S/C19H16N6O4/c26-16-7-11(9-25(16)12-4-5-14-15(8-12)29-10-28-14)18(27)22-19-21-17(23-24-19)13-3-1-2-6-20-13/h1-6,8,11H,7,9-10H2,(H2,21,22,23,24,27). The van der Waals surface area contributed by atoms with Crippen molar-refractivity contribution in [3.05, 3.63) is 42.6 Å². The molecule has 1 atom stereocenters. The number of pyridine rings is 1. The van der Waals surface area contributed by atoms with Crippen molar-refractivity contribution >= 4 is 23.5 Å². The van der Waals surface area contributed by atoms with Gasteiger partial charge in [-0.2, -0.15) is 4.98 Å². The highest BCUT2D eigenvalue weighted by Crippen LogP contribution is 2.37. The van der Waals surface area contributed by atoms with Crippen LogP contribution in [0.5, 0.6) is 11.5 Å². The predicted octanol–water partition coefficient (Wildman–Crippen LogP) is 1.59. The maximum absolute atomic E-state index is 12.6. The summed E-state index contributed by atoms with van der Waals surface area (Å²) in [4.78, 5) is 35.1. The summed E-state index contributed by atoms with van der Waals surface area (Å²) >= 11 is 0. The summed E-state index contributed by atoms with van der Waals surface area (Å²) in [5.41, 5.74) is 1.29. The fourth-order valence-electron chi connectivity index (χ4n) is 3.33. The molecule has 2 N–H and O–H groups in total. The summed E-state index contributed by atoms with van der Waals surface area (Å²) in [6.07, 6.45) is 1.75. The van der Waals surface area contributed by atoms with Crippen LogP contribution in [0.1, 0.15) is 6.42 Å². The topological polar surface area (TPSA) is 122 Å². The van der Waals surface area contributed by atoms with Gasteiger partial charge in [-0.1, -0.05) is 6.07 Å². The van der Waals surface area contributed by atoms with Crippen molar-refractivity contribution in [2.45, 2.75) is 6.42 Å². The number of rotatable bonds is 4. The van der Waals surface area contributed by atoms with Crippen molar-refractivity contribution in [3.8, 4) is 23.0 Å². The molecule has 10 heteroatoms. The monoisotopic (exact) mass is 392 g/mol. The smallest absolute Gasteiger partial charge is 0.249 e. The summed E-state index contributed by atoms with van der Waals surface area (Å²) in [5, 5.41) is 9.41. The van der Waals surface area contributed by atoms with E-state index in [1.54, 1.807) is 41.4 Å². The molecule has 2 aromatic heterocycles. The van der Waals surface area contributed by atoms with Gasteiger partial charge in [0.2, 0.25) is 24.6 Å². The van der Waals surface area contributed by atoms with Crippen LogP contribution in [-0.4, -0.2) is 45.3 Å². The Bertz CT molecular complexity index is 1080. The molecule has 1 saturated heterocycles. The Morgan fingerprint density at radius 2 is 2.10 bits per heavy atom. The molecule has 10 nitrogen and oxygen atoms in total. The van der Waals surface area contributed by atoms with Crippen molar-refractivity contribution in [2.24, 2.45) is 5.92 Å². The number of benzene rings is 1. The number of fused-ring (bicyclic) bond motifs is 1. The molecule has 0 radical (unpaired) electrons. The highest BCUT2D eigenvalue weighted by molar-refractivity contribution is 6.03. The van der Waals surface area contributed by atoms with Crippen molar-refractivity contribution in [3.63, 3.8) is 0 Å². The van der Waals surface area contributed by atoms with Gasteiger partial charge in [-0.25, -0.2) is 0 Å². The van der Waals surface area contributed by atoms with Gasteiger partial charge in [0.25, 0.3) is 0 Å². The Morgan fingerprint density at radius 1 is 1.21 bits per heavy atom. The zero-order valence-electron chi connectivity index (χ0n) is 15.2. The summed E-state index contributed by atoms with van der Waals surface area (Å²) < 4.78 is 10.7. The molecule has 2 amide bonds. The van der Waals surface area contributed by atoms with E-state index in [4.69, 9.17) is 9.47 Å². The largest absolute Gasteiger partial charge is 0.454 e. The lowest BCUT2D eigenvalue weighted by Crippen LogP contribution is -2.28. The van der Waals surface area contributed by atoms with Crippen LogP contribution < -0.4 is 19.7 Å². The highest BCUT2D eigenvalue weighted by Gasteiger charge is 2.36. The van der Waals surface area contributed by atoms with E-state index < -0.39 is 5.92 Å². The zero-order chi connectivity index (χ0) is 19.8. The van der Waals surface area contributed by atoms with Gasteiger partial charge >= 0.3 is 0 Å². The van der Waals surface area contributed by atoms with E-state index in [-0.39, 0.29) is 37.5 Å². The second-order valence-electron chi connectivity index (χ2n) is 6.65. The molecule has 2 aliphatic heterocycles.